The summed E-state index contributed by atoms with van der Waals surface area (Å²) in [7, 11) is 3.02. The van der Waals surface area contributed by atoms with Gasteiger partial charge in [-0.1, -0.05) is 11.6 Å². The van der Waals surface area contributed by atoms with E-state index in [0.29, 0.717) is 28.5 Å². The van der Waals surface area contributed by atoms with Crippen LogP contribution in [-0.4, -0.2) is 20.0 Å². The van der Waals surface area contributed by atoms with Gasteiger partial charge in [-0.3, -0.25) is 4.79 Å². The highest BCUT2D eigenvalue weighted by Gasteiger charge is 2.16. The van der Waals surface area contributed by atoms with Crippen molar-refractivity contribution in [2.75, 3.05) is 14.2 Å². The zero-order valence-corrected chi connectivity index (χ0v) is 14.1. The van der Waals surface area contributed by atoms with Crippen molar-refractivity contribution in [3.63, 3.8) is 0 Å². The quantitative estimate of drug-likeness (QED) is 0.716. The molecule has 0 N–H and O–H groups in total. The number of hydrogen-bond donors (Lipinski definition) is 0. The fraction of sp³-hybridized carbons (Fsp3) is 0.214. The van der Waals surface area contributed by atoms with Gasteiger partial charge >= 0.3 is 0 Å². The van der Waals surface area contributed by atoms with Crippen molar-refractivity contribution in [3.8, 4) is 11.5 Å². The Balaban J connectivity index is 2.31. The van der Waals surface area contributed by atoms with E-state index in [-0.39, 0.29) is 5.78 Å². The van der Waals surface area contributed by atoms with Gasteiger partial charge in [-0.25, -0.2) is 0 Å². The topological polar surface area (TPSA) is 35.5 Å². The van der Waals surface area contributed by atoms with Crippen molar-refractivity contribution < 1.29 is 14.3 Å². The molecule has 3 nitrogen and oxygen atoms in total. The Hall–Kier alpha value is -1.04. The number of rotatable bonds is 5. The molecular weight excluding hydrogens is 364 g/mol. The summed E-state index contributed by atoms with van der Waals surface area (Å²) in [6, 6.07) is 5.18. The van der Waals surface area contributed by atoms with E-state index in [1.807, 2.05) is 11.4 Å². The highest BCUT2D eigenvalue weighted by atomic mass is 79.9. The largest absolute Gasteiger partial charge is 0.493 e. The number of ketones is 1. The molecule has 0 radical (unpaired) electrons. The normalized spacial score (nSPS) is 10.4. The minimum absolute atomic E-state index is 0.0176. The van der Waals surface area contributed by atoms with Gasteiger partial charge in [0.25, 0.3) is 0 Å². The monoisotopic (exact) mass is 374 g/mol. The van der Waals surface area contributed by atoms with Crippen LogP contribution in [-0.2, 0) is 6.42 Å². The average molecular weight is 376 g/mol. The third-order valence-electron chi connectivity index (χ3n) is 2.77. The average Bonchev–Trinajstić information content (AvgIpc) is 2.83. The number of carbonyl (C=O) groups is 1. The van der Waals surface area contributed by atoms with Crippen LogP contribution >= 0.6 is 38.9 Å². The maximum atomic E-state index is 12.3. The first-order chi connectivity index (χ1) is 9.56. The van der Waals surface area contributed by atoms with Crippen LogP contribution in [0.1, 0.15) is 15.2 Å². The van der Waals surface area contributed by atoms with Gasteiger partial charge in [-0.05, 0) is 39.5 Å². The van der Waals surface area contributed by atoms with E-state index in [4.69, 9.17) is 21.1 Å². The Kier molecular flexibility index (Phi) is 5.07. The molecule has 0 aliphatic heterocycles. The number of hydrogen-bond acceptors (Lipinski definition) is 4. The van der Waals surface area contributed by atoms with Crippen LogP contribution in [0, 0.1) is 0 Å². The Bertz CT molecular complexity index is 639. The zero-order chi connectivity index (χ0) is 14.7. The Morgan fingerprint density at radius 1 is 1.35 bits per heavy atom. The molecule has 1 heterocycles. The molecule has 0 fully saturated rings. The van der Waals surface area contributed by atoms with E-state index in [9.17, 15) is 4.79 Å². The molecule has 2 rings (SSSR count). The standard InChI is InChI=1S/C14H12BrClO3S/c1-18-12-6-8(5-10(16)14(12)19-2)11(17)7-13-9(15)3-4-20-13/h3-6H,7H2,1-2H3. The second-order valence-electron chi connectivity index (χ2n) is 3.99. The van der Waals surface area contributed by atoms with Crippen molar-refractivity contribution in [3.05, 3.63) is 43.5 Å². The first-order valence-electron chi connectivity index (χ1n) is 5.73. The minimum atomic E-state index is -0.0176. The summed E-state index contributed by atoms with van der Waals surface area (Å²) in [5, 5.41) is 2.30. The first kappa shape index (κ1) is 15.4. The van der Waals surface area contributed by atoms with Gasteiger partial charge in [-0.15, -0.1) is 11.3 Å². The molecule has 0 saturated heterocycles. The number of methoxy groups -OCH3 is 2. The van der Waals surface area contributed by atoms with Gasteiger partial charge in [0.1, 0.15) is 0 Å². The maximum absolute atomic E-state index is 12.3. The molecule has 0 unspecified atom stereocenters. The SMILES string of the molecule is COc1cc(C(=O)Cc2sccc2Br)cc(Cl)c1OC. The maximum Gasteiger partial charge on any atom is 0.179 e. The van der Waals surface area contributed by atoms with Crippen LogP contribution < -0.4 is 9.47 Å². The van der Waals surface area contributed by atoms with Gasteiger partial charge in [0.05, 0.1) is 19.2 Å². The number of Topliss-reactive ketones (excluding diaryl/α,β-unsaturated/α-hetero) is 1. The lowest BCUT2D eigenvalue weighted by molar-refractivity contribution is 0.0993. The number of halogens is 2. The molecule has 0 bridgehead atoms. The fourth-order valence-corrected chi connectivity index (χ4v) is 3.56. The molecule has 2 aromatic rings. The van der Waals surface area contributed by atoms with Crippen molar-refractivity contribution >= 4 is 44.7 Å². The Morgan fingerprint density at radius 2 is 2.10 bits per heavy atom. The summed E-state index contributed by atoms with van der Waals surface area (Å²) in [6.07, 6.45) is 0.323. The van der Waals surface area contributed by atoms with E-state index in [2.05, 4.69) is 15.9 Å². The number of benzene rings is 1. The van der Waals surface area contributed by atoms with Crippen LogP contribution in [0.4, 0.5) is 0 Å². The van der Waals surface area contributed by atoms with E-state index in [1.165, 1.54) is 25.6 Å². The summed E-state index contributed by atoms with van der Waals surface area (Å²) < 4.78 is 11.3. The summed E-state index contributed by atoms with van der Waals surface area (Å²) >= 11 is 11.1. The fourth-order valence-electron chi connectivity index (χ4n) is 1.78. The van der Waals surface area contributed by atoms with Crippen LogP contribution in [0.15, 0.2) is 28.1 Å². The zero-order valence-electron chi connectivity index (χ0n) is 10.9. The summed E-state index contributed by atoms with van der Waals surface area (Å²) in [6.45, 7) is 0. The molecule has 6 heteroatoms. The summed E-state index contributed by atoms with van der Waals surface area (Å²) in [5.41, 5.74) is 0.507. The van der Waals surface area contributed by atoms with E-state index in [0.717, 1.165) is 9.35 Å². The molecular formula is C14H12BrClO3S. The summed E-state index contributed by atoms with van der Waals surface area (Å²) in [5.74, 6) is 0.868. The molecule has 1 aromatic carbocycles. The Morgan fingerprint density at radius 3 is 2.65 bits per heavy atom. The second-order valence-corrected chi connectivity index (χ2v) is 6.25. The molecule has 106 valence electrons. The smallest absolute Gasteiger partial charge is 0.179 e. The van der Waals surface area contributed by atoms with E-state index < -0.39 is 0 Å². The predicted molar refractivity (Wildman–Crippen MR) is 84.6 cm³/mol. The van der Waals surface area contributed by atoms with Crippen molar-refractivity contribution in [2.45, 2.75) is 6.42 Å². The third-order valence-corrected chi connectivity index (χ3v) is 4.97. The van der Waals surface area contributed by atoms with Crippen molar-refractivity contribution in [1.29, 1.82) is 0 Å². The lowest BCUT2D eigenvalue weighted by Crippen LogP contribution is -2.04. The van der Waals surface area contributed by atoms with E-state index >= 15 is 0 Å². The van der Waals surface area contributed by atoms with Crippen LogP contribution in [0.2, 0.25) is 5.02 Å². The van der Waals surface area contributed by atoms with Gasteiger partial charge in [0.15, 0.2) is 17.3 Å². The highest BCUT2D eigenvalue weighted by molar-refractivity contribution is 9.10. The lowest BCUT2D eigenvalue weighted by atomic mass is 10.1. The molecule has 1 aromatic heterocycles. The second kappa shape index (κ2) is 6.61. The van der Waals surface area contributed by atoms with Gasteiger partial charge in [-0.2, -0.15) is 0 Å². The Labute approximate surface area is 134 Å². The predicted octanol–water partition coefficient (Wildman–Crippen LogP) is 4.61. The van der Waals surface area contributed by atoms with Gasteiger partial charge in [0, 0.05) is 21.3 Å². The van der Waals surface area contributed by atoms with Crippen LogP contribution in [0.3, 0.4) is 0 Å². The molecule has 0 saturated carbocycles. The van der Waals surface area contributed by atoms with Crippen molar-refractivity contribution in [1.82, 2.24) is 0 Å². The molecule has 0 aliphatic rings. The molecule has 20 heavy (non-hydrogen) atoms. The van der Waals surface area contributed by atoms with Gasteiger partial charge in [0.2, 0.25) is 0 Å². The lowest BCUT2D eigenvalue weighted by Gasteiger charge is -2.11. The minimum Gasteiger partial charge on any atom is -0.493 e. The van der Waals surface area contributed by atoms with Crippen LogP contribution in [0.5, 0.6) is 11.5 Å². The summed E-state index contributed by atoms with van der Waals surface area (Å²) in [4.78, 5) is 13.3. The van der Waals surface area contributed by atoms with Crippen molar-refractivity contribution in [2.24, 2.45) is 0 Å². The molecule has 0 atom stereocenters. The molecule has 0 amide bonds. The van der Waals surface area contributed by atoms with Gasteiger partial charge < -0.3 is 9.47 Å². The highest BCUT2D eigenvalue weighted by Crippen LogP contribution is 2.36. The molecule has 0 spiro atoms. The van der Waals surface area contributed by atoms with E-state index in [1.54, 1.807) is 12.1 Å². The number of carbonyl (C=O) groups excluding carboxylic acids is 1. The van der Waals surface area contributed by atoms with Crippen LogP contribution in [0.25, 0.3) is 0 Å². The number of thiophene rings is 1. The number of ether oxygens (including phenoxy) is 2. The molecule has 0 aliphatic carbocycles. The first-order valence-corrected chi connectivity index (χ1v) is 7.78. The third kappa shape index (κ3) is 3.16.